The van der Waals surface area contributed by atoms with E-state index >= 15 is 0 Å². The zero-order chi connectivity index (χ0) is 11.4. The highest BCUT2D eigenvalue weighted by atomic mass is 35.5. The molecule has 2 N–H and O–H groups in total. The number of nitrogens with zero attached hydrogens (tertiary/aromatic N) is 1. The van der Waals surface area contributed by atoms with Crippen LogP contribution in [-0.4, -0.2) is 20.1 Å². The van der Waals surface area contributed by atoms with Crippen LogP contribution in [0.3, 0.4) is 0 Å². The predicted molar refractivity (Wildman–Crippen MR) is 61.5 cm³/mol. The van der Waals surface area contributed by atoms with Gasteiger partial charge in [-0.1, -0.05) is 11.6 Å². The van der Waals surface area contributed by atoms with Crippen LogP contribution >= 0.6 is 11.6 Å². The molecule has 0 radical (unpaired) electrons. The topological polar surface area (TPSA) is 56.8 Å². The Bertz CT molecular complexity index is 387. The minimum absolute atomic E-state index is 0.442. The van der Waals surface area contributed by atoms with Gasteiger partial charge in [0.25, 0.3) is 0 Å². The standard InChI is InChI=1S/C10H13ClN2O2/c1-6(12)13-8-5-9(14-2)7(11)4-10(8)15-3/h4-5H,1-3H3,(H2,12,13). The number of benzene rings is 1. The first-order chi connectivity index (χ1) is 7.08. The van der Waals surface area contributed by atoms with Crippen molar-refractivity contribution in [1.29, 1.82) is 0 Å². The first kappa shape index (κ1) is 11.7. The highest BCUT2D eigenvalue weighted by molar-refractivity contribution is 6.32. The van der Waals surface area contributed by atoms with Crippen molar-refractivity contribution in [1.82, 2.24) is 0 Å². The molecule has 5 heteroatoms. The van der Waals surface area contributed by atoms with Gasteiger partial charge in [0.05, 0.1) is 25.1 Å². The Morgan fingerprint density at radius 1 is 1.27 bits per heavy atom. The van der Waals surface area contributed by atoms with Crippen LogP contribution in [0.15, 0.2) is 17.1 Å². The number of rotatable bonds is 3. The van der Waals surface area contributed by atoms with Gasteiger partial charge in [0, 0.05) is 12.1 Å². The van der Waals surface area contributed by atoms with E-state index in [9.17, 15) is 0 Å². The normalized spacial score (nSPS) is 11.3. The molecule has 1 rings (SSSR count). The van der Waals surface area contributed by atoms with Crippen molar-refractivity contribution in [3.63, 3.8) is 0 Å². The number of amidine groups is 1. The molecule has 82 valence electrons. The van der Waals surface area contributed by atoms with Crippen LogP contribution in [0.2, 0.25) is 5.02 Å². The lowest BCUT2D eigenvalue weighted by molar-refractivity contribution is 0.404. The van der Waals surface area contributed by atoms with Gasteiger partial charge in [0.15, 0.2) is 0 Å². The maximum absolute atomic E-state index is 5.93. The molecule has 0 heterocycles. The zero-order valence-electron chi connectivity index (χ0n) is 8.87. The van der Waals surface area contributed by atoms with Gasteiger partial charge in [0.2, 0.25) is 0 Å². The molecular formula is C10H13ClN2O2. The third kappa shape index (κ3) is 2.76. The highest BCUT2D eigenvalue weighted by Crippen LogP contribution is 2.37. The number of ether oxygens (including phenoxy) is 2. The van der Waals surface area contributed by atoms with Gasteiger partial charge in [-0.3, -0.25) is 0 Å². The Kier molecular flexibility index (Phi) is 3.80. The van der Waals surface area contributed by atoms with Gasteiger partial charge in [-0.2, -0.15) is 0 Å². The second-order valence-corrected chi connectivity index (χ2v) is 3.32. The van der Waals surface area contributed by atoms with Gasteiger partial charge < -0.3 is 15.2 Å². The molecule has 0 bridgehead atoms. The second-order valence-electron chi connectivity index (χ2n) is 2.91. The molecule has 0 saturated carbocycles. The molecule has 1 aromatic carbocycles. The fourth-order valence-electron chi connectivity index (χ4n) is 1.12. The summed E-state index contributed by atoms with van der Waals surface area (Å²) in [6.45, 7) is 1.69. The molecule has 0 atom stereocenters. The number of nitrogens with two attached hydrogens (primary N) is 1. The molecule has 15 heavy (non-hydrogen) atoms. The summed E-state index contributed by atoms with van der Waals surface area (Å²) in [5.74, 6) is 1.54. The molecule has 0 spiro atoms. The Hall–Kier alpha value is -1.42. The summed E-state index contributed by atoms with van der Waals surface area (Å²) in [6.07, 6.45) is 0. The Morgan fingerprint density at radius 3 is 2.33 bits per heavy atom. The number of halogens is 1. The SMILES string of the molecule is COc1cc(N=C(C)N)c(OC)cc1Cl. The van der Waals surface area contributed by atoms with Crippen LogP contribution in [0.1, 0.15) is 6.92 Å². The number of hydrogen-bond acceptors (Lipinski definition) is 3. The Morgan fingerprint density at radius 2 is 1.87 bits per heavy atom. The van der Waals surface area contributed by atoms with E-state index in [0.29, 0.717) is 28.0 Å². The fourth-order valence-corrected chi connectivity index (χ4v) is 1.35. The number of methoxy groups -OCH3 is 2. The van der Waals surface area contributed by atoms with Crippen LogP contribution < -0.4 is 15.2 Å². The molecule has 4 nitrogen and oxygen atoms in total. The summed E-state index contributed by atoms with van der Waals surface area (Å²) in [6, 6.07) is 3.32. The van der Waals surface area contributed by atoms with E-state index in [-0.39, 0.29) is 0 Å². The molecule has 1 aromatic rings. The molecule has 0 amide bonds. The lowest BCUT2D eigenvalue weighted by Crippen LogP contribution is -2.04. The van der Waals surface area contributed by atoms with Crippen molar-refractivity contribution >= 4 is 23.1 Å². The van der Waals surface area contributed by atoms with E-state index in [0.717, 1.165) is 0 Å². The zero-order valence-corrected chi connectivity index (χ0v) is 9.63. The largest absolute Gasteiger partial charge is 0.495 e. The van der Waals surface area contributed by atoms with Crippen LogP contribution in [0, 0.1) is 0 Å². The maximum atomic E-state index is 5.93. The van der Waals surface area contributed by atoms with Gasteiger partial charge in [-0.05, 0) is 6.92 Å². The van der Waals surface area contributed by atoms with Crippen LogP contribution in [0.4, 0.5) is 5.69 Å². The molecule has 0 unspecified atom stereocenters. The van der Waals surface area contributed by atoms with Crippen molar-refractivity contribution in [3.05, 3.63) is 17.2 Å². The lowest BCUT2D eigenvalue weighted by Gasteiger charge is -2.09. The molecule has 0 saturated heterocycles. The molecule has 0 aliphatic carbocycles. The molecular weight excluding hydrogens is 216 g/mol. The first-order valence-electron chi connectivity index (χ1n) is 4.30. The van der Waals surface area contributed by atoms with E-state index in [1.165, 1.54) is 7.11 Å². The van der Waals surface area contributed by atoms with Crippen molar-refractivity contribution in [2.45, 2.75) is 6.92 Å². The van der Waals surface area contributed by atoms with Crippen LogP contribution in [-0.2, 0) is 0 Å². The molecule has 0 aliphatic heterocycles. The van der Waals surface area contributed by atoms with Crippen molar-refractivity contribution in [2.24, 2.45) is 10.7 Å². The van der Waals surface area contributed by atoms with Crippen LogP contribution in [0.25, 0.3) is 0 Å². The van der Waals surface area contributed by atoms with Gasteiger partial charge in [0.1, 0.15) is 17.2 Å². The minimum atomic E-state index is 0.442. The second kappa shape index (κ2) is 4.89. The summed E-state index contributed by atoms with van der Waals surface area (Å²) < 4.78 is 10.2. The average Bonchev–Trinajstić information content (AvgIpc) is 2.19. The quantitative estimate of drug-likeness (QED) is 0.638. The maximum Gasteiger partial charge on any atom is 0.146 e. The molecule has 0 fully saturated rings. The fraction of sp³-hybridized carbons (Fsp3) is 0.300. The van der Waals surface area contributed by atoms with Gasteiger partial charge in [-0.15, -0.1) is 0 Å². The van der Waals surface area contributed by atoms with Gasteiger partial charge in [-0.25, -0.2) is 4.99 Å². The van der Waals surface area contributed by atoms with Crippen LogP contribution in [0.5, 0.6) is 11.5 Å². The minimum Gasteiger partial charge on any atom is -0.495 e. The van der Waals surface area contributed by atoms with E-state index < -0.39 is 0 Å². The number of aliphatic imine (C=N–C) groups is 1. The Balaban J connectivity index is 3.29. The van der Waals surface area contributed by atoms with Crippen molar-refractivity contribution < 1.29 is 9.47 Å². The summed E-state index contributed by atoms with van der Waals surface area (Å²) in [7, 11) is 3.08. The molecule has 0 aromatic heterocycles. The van der Waals surface area contributed by atoms with Crippen molar-refractivity contribution in [2.75, 3.05) is 14.2 Å². The summed E-state index contributed by atoms with van der Waals surface area (Å²) in [5, 5.41) is 0.475. The predicted octanol–water partition coefficient (Wildman–Crippen LogP) is 2.37. The Labute approximate surface area is 93.7 Å². The smallest absolute Gasteiger partial charge is 0.146 e. The van der Waals surface area contributed by atoms with Crippen molar-refractivity contribution in [3.8, 4) is 11.5 Å². The third-order valence-corrected chi connectivity index (χ3v) is 2.05. The third-order valence-electron chi connectivity index (χ3n) is 1.75. The summed E-state index contributed by atoms with van der Waals surface area (Å²) >= 11 is 5.93. The van der Waals surface area contributed by atoms with Gasteiger partial charge >= 0.3 is 0 Å². The highest BCUT2D eigenvalue weighted by Gasteiger charge is 2.08. The average molecular weight is 229 g/mol. The van der Waals surface area contributed by atoms with E-state index in [4.69, 9.17) is 26.8 Å². The summed E-state index contributed by atoms with van der Waals surface area (Å²) in [5.41, 5.74) is 6.09. The summed E-state index contributed by atoms with van der Waals surface area (Å²) in [4.78, 5) is 4.11. The lowest BCUT2D eigenvalue weighted by atomic mass is 10.2. The first-order valence-corrected chi connectivity index (χ1v) is 4.68. The van der Waals surface area contributed by atoms with E-state index in [1.54, 1.807) is 26.2 Å². The number of hydrogen-bond donors (Lipinski definition) is 1. The molecule has 0 aliphatic rings. The van der Waals surface area contributed by atoms with E-state index in [1.807, 2.05) is 0 Å². The monoisotopic (exact) mass is 228 g/mol. The van der Waals surface area contributed by atoms with E-state index in [2.05, 4.69) is 4.99 Å².